The Bertz CT molecular complexity index is 590. The van der Waals surface area contributed by atoms with Crippen LogP contribution in [0.5, 0.6) is 0 Å². The number of hydrogen-bond acceptors (Lipinski definition) is 4. The van der Waals surface area contributed by atoms with Gasteiger partial charge in [0.15, 0.2) is 0 Å². The predicted molar refractivity (Wildman–Crippen MR) is 89.4 cm³/mol. The number of anilines is 1. The Hall–Kier alpha value is -1.65. The van der Waals surface area contributed by atoms with Crippen LogP contribution in [0.3, 0.4) is 0 Å². The van der Waals surface area contributed by atoms with Gasteiger partial charge >= 0.3 is 0 Å². The Morgan fingerprint density at radius 3 is 2.70 bits per heavy atom. The molecule has 1 saturated carbocycles. The van der Waals surface area contributed by atoms with Gasteiger partial charge in [-0.05, 0) is 44.4 Å². The molecule has 5 heteroatoms. The molecule has 1 aromatic rings. The van der Waals surface area contributed by atoms with Crippen LogP contribution in [0.2, 0.25) is 0 Å². The highest BCUT2D eigenvalue weighted by atomic mass is 16.2. The molecule has 0 aromatic carbocycles. The second kappa shape index (κ2) is 5.77. The van der Waals surface area contributed by atoms with E-state index in [9.17, 15) is 4.79 Å². The highest BCUT2D eigenvalue weighted by molar-refractivity contribution is 5.77. The first kappa shape index (κ1) is 14.9. The first-order chi connectivity index (χ1) is 11.2. The van der Waals surface area contributed by atoms with Gasteiger partial charge in [0, 0.05) is 50.3 Å². The SMILES string of the molecule is CCN1CC2(CCC1=O)CCN(c1cc(C3CC3)ncn1)CC2. The summed E-state index contributed by atoms with van der Waals surface area (Å²) >= 11 is 0. The summed E-state index contributed by atoms with van der Waals surface area (Å²) < 4.78 is 0. The lowest BCUT2D eigenvalue weighted by Gasteiger charge is -2.47. The Balaban J connectivity index is 1.42. The third kappa shape index (κ3) is 2.93. The van der Waals surface area contributed by atoms with Crippen molar-refractivity contribution in [1.29, 1.82) is 0 Å². The smallest absolute Gasteiger partial charge is 0.222 e. The van der Waals surface area contributed by atoms with Crippen LogP contribution in [0.4, 0.5) is 5.82 Å². The Labute approximate surface area is 138 Å². The number of rotatable bonds is 3. The molecule has 4 rings (SSSR count). The molecule has 3 heterocycles. The molecule has 2 aliphatic heterocycles. The van der Waals surface area contributed by atoms with E-state index in [4.69, 9.17) is 0 Å². The van der Waals surface area contributed by atoms with Crippen molar-refractivity contribution in [3.05, 3.63) is 18.1 Å². The van der Waals surface area contributed by atoms with Crippen LogP contribution in [-0.4, -0.2) is 47.0 Å². The molecule has 0 bridgehead atoms. The summed E-state index contributed by atoms with van der Waals surface area (Å²) in [6.07, 6.45) is 8.41. The lowest BCUT2D eigenvalue weighted by atomic mass is 9.72. The van der Waals surface area contributed by atoms with E-state index in [1.165, 1.54) is 31.4 Å². The second-order valence-electron chi connectivity index (χ2n) is 7.47. The number of carbonyl (C=O) groups excluding carboxylic acids is 1. The predicted octanol–water partition coefficient (Wildman–Crippen LogP) is 2.58. The quantitative estimate of drug-likeness (QED) is 0.860. The van der Waals surface area contributed by atoms with Gasteiger partial charge in [-0.3, -0.25) is 4.79 Å². The minimum Gasteiger partial charge on any atom is -0.356 e. The fourth-order valence-corrected chi connectivity index (χ4v) is 4.15. The van der Waals surface area contributed by atoms with Crippen molar-refractivity contribution in [2.45, 2.75) is 51.4 Å². The van der Waals surface area contributed by atoms with Crippen LogP contribution in [0.15, 0.2) is 12.4 Å². The van der Waals surface area contributed by atoms with E-state index >= 15 is 0 Å². The van der Waals surface area contributed by atoms with Gasteiger partial charge in [-0.15, -0.1) is 0 Å². The molecule has 3 aliphatic rings. The first-order valence-electron chi connectivity index (χ1n) is 9.04. The molecule has 23 heavy (non-hydrogen) atoms. The van der Waals surface area contributed by atoms with Crippen LogP contribution in [0, 0.1) is 5.41 Å². The van der Waals surface area contributed by atoms with Crippen LogP contribution in [0.25, 0.3) is 0 Å². The molecule has 3 fully saturated rings. The molecule has 1 amide bonds. The monoisotopic (exact) mass is 314 g/mol. The number of carbonyl (C=O) groups is 1. The van der Waals surface area contributed by atoms with Crippen LogP contribution >= 0.6 is 0 Å². The molecule has 0 atom stereocenters. The zero-order valence-corrected chi connectivity index (χ0v) is 14.0. The summed E-state index contributed by atoms with van der Waals surface area (Å²) in [5.41, 5.74) is 1.56. The maximum Gasteiger partial charge on any atom is 0.222 e. The molecule has 1 aromatic heterocycles. The molecule has 124 valence electrons. The van der Waals surface area contributed by atoms with Gasteiger partial charge in [0.25, 0.3) is 0 Å². The summed E-state index contributed by atoms with van der Waals surface area (Å²) in [5.74, 6) is 2.11. The zero-order valence-electron chi connectivity index (χ0n) is 14.0. The van der Waals surface area contributed by atoms with Crippen molar-refractivity contribution < 1.29 is 4.79 Å². The molecule has 0 radical (unpaired) electrons. The summed E-state index contributed by atoms with van der Waals surface area (Å²) in [4.78, 5) is 25.3. The molecule has 0 unspecified atom stereocenters. The van der Waals surface area contributed by atoms with Gasteiger partial charge in [0.1, 0.15) is 12.1 Å². The highest BCUT2D eigenvalue weighted by Crippen LogP contribution is 2.42. The average molecular weight is 314 g/mol. The van der Waals surface area contributed by atoms with E-state index < -0.39 is 0 Å². The van der Waals surface area contributed by atoms with Crippen molar-refractivity contribution in [3.63, 3.8) is 0 Å². The fraction of sp³-hybridized carbons (Fsp3) is 0.722. The van der Waals surface area contributed by atoms with Gasteiger partial charge < -0.3 is 9.80 Å². The Morgan fingerprint density at radius 1 is 1.22 bits per heavy atom. The van der Waals surface area contributed by atoms with E-state index in [0.29, 0.717) is 17.2 Å². The van der Waals surface area contributed by atoms with Gasteiger partial charge in [-0.1, -0.05) is 0 Å². The van der Waals surface area contributed by atoms with Crippen LogP contribution < -0.4 is 4.90 Å². The molecule has 0 N–H and O–H groups in total. The molecular weight excluding hydrogens is 288 g/mol. The minimum atomic E-state index is 0.338. The topological polar surface area (TPSA) is 49.3 Å². The van der Waals surface area contributed by atoms with Gasteiger partial charge in [0.05, 0.1) is 0 Å². The molecule has 1 aliphatic carbocycles. The molecule has 5 nitrogen and oxygen atoms in total. The van der Waals surface area contributed by atoms with E-state index in [1.807, 2.05) is 0 Å². The van der Waals surface area contributed by atoms with Crippen molar-refractivity contribution in [1.82, 2.24) is 14.9 Å². The number of aromatic nitrogens is 2. The normalized spacial score (nSPS) is 24.3. The van der Waals surface area contributed by atoms with Crippen LogP contribution in [0.1, 0.15) is 57.1 Å². The summed E-state index contributed by atoms with van der Waals surface area (Å²) in [6, 6.07) is 2.19. The molecular formula is C18H26N4O. The number of likely N-dealkylation sites (tertiary alicyclic amines) is 1. The Kier molecular flexibility index (Phi) is 3.74. The number of nitrogens with zero attached hydrogens (tertiary/aromatic N) is 4. The largest absolute Gasteiger partial charge is 0.356 e. The maximum absolute atomic E-state index is 11.9. The average Bonchev–Trinajstić information content (AvgIpc) is 3.43. The third-order valence-electron chi connectivity index (χ3n) is 5.95. The van der Waals surface area contributed by atoms with E-state index in [2.05, 4.69) is 32.8 Å². The van der Waals surface area contributed by atoms with E-state index in [-0.39, 0.29) is 0 Å². The van der Waals surface area contributed by atoms with Crippen molar-refractivity contribution in [2.75, 3.05) is 31.1 Å². The number of amides is 1. The number of hydrogen-bond donors (Lipinski definition) is 0. The third-order valence-corrected chi connectivity index (χ3v) is 5.95. The lowest BCUT2D eigenvalue weighted by molar-refractivity contribution is -0.137. The fourth-order valence-electron chi connectivity index (χ4n) is 4.15. The Morgan fingerprint density at radius 2 is 2.00 bits per heavy atom. The van der Waals surface area contributed by atoms with Crippen molar-refractivity contribution >= 4 is 11.7 Å². The van der Waals surface area contributed by atoms with Crippen LogP contribution in [-0.2, 0) is 4.79 Å². The zero-order chi connectivity index (χ0) is 15.9. The summed E-state index contributed by atoms with van der Waals surface area (Å²) in [7, 11) is 0. The molecule has 2 saturated heterocycles. The van der Waals surface area contributed by atoms with Gasteiger partial charge in [-0.2, -0.15) is 0 Å². The summed E-state index contributed by atoms with van der Waals surface area (Å²) in [5, 5.41) is 0. The summed E-state index contributed by atoms with van der Waals surface area (Å²) in [6.45, 7) is 5.99. The van der Waals surface area contributed by atoms with Gasteiger partial charge in [0.2, 0.25) is 5.91 Å². The second-order valence-corrected chi connectivity index (χ2v) is 7.47. The van der Waals surface area contributed by atoms with E-state index in [1.54, 1.807) is 6.33 Å². The van der Waals surface area contributed by atoms with E-state index in [0.717, 1.165) is 44.8 Å². The molecule has 1 spiro atoms. The highest BCUT2D eigenvalue weighted by Gasteiger charge is 2.40. The van der Waals surface area contributed by atoms with Gasteiger partial charge in [-0.25, -0.2) is 9.97 Å². The first-order valence-corrected chi connectivity index (χ1v) is 9.04. The maximum atomic E-state index is 11.9. The minimum absolute atomic E-state index is 0.338. The van der Waals surface area contributed by atoms with Crippen molar-refractivity contribution in [3.8, 4) is 0 Å². The van der Waals surface area contributed by atoms with Crippen molar-refractivity contribution in [2.24, 2.45) is 5.41 Å². The number of piperidine rings is 2. The standard InChI is InChI=1S/C18H26N4O/c1-2-21-12-18(6-5-17(21)23)7-9-22(10-8-18)16-11-15(14-3-4-14)19-13-20-16/h11,13-14H,2-10,12H2,1H3. The lowest BCUT2D eigenvalue weighted by Crippen LogP contribution is -2.51.